The van der Waals surface area contributed by atoms with Crippen molar-refractivity contribution in [2.24, 2.45) is 7.05 Å². The largest absolute Gasteiger partial charge is 0.303 e. The maximum absolute atomic E-state index is 12.6. The molecule has 0 aromatic carbocycles. The van der Waals surface area contributed by atoms with Gasteiger partial charge in [-0.15, -0.1) is 11.3 Å². The number of piperidine rings is 1. The Labute approximate surface area is 139 Å². The van der Waals surface area contributed by atoms with Crippen LogP contribution >= 0.6 is 23.1 Å². The Hall–Kier alpha value is -0.850. The lowest BCUT2D eigenvalue weighted by Crippen LogP contribution is -2.31. The molecule has 0 aliphatic carbocycles. The van der Waals surface area contributed by atoms with Crippen molar-refractivity contribution in [3.8, 4) is 0 Å². The fourth-order valence-electron chi connectivity index (χ4n) is 2.93. The minimum absolute atomic E-state index is 0.0901. The Kier molecular flexibility index (Phi) is 4.90. The van der Waals surface area contributed by atoms with Gasteiger partial charge in [0.15, 0.2) is 5.16 Å². The first-order valence-electron chi connectivity index (χ1n) is 7.90. The molecule has 0 radical (unpaired) electrons. The summed E-state index contributed by atoms with van der Waals surface area (Å²) in [5.41, 5.74) is 1.17. The predicted molar refractivity (Wildman–Crippen MR) is 95.4 cm³/mol. The quantitative estimate of drug-likeness (QED) is 0.634. The van der Waals surface area contributed by atoms with Gasteiger partial charge in [-0.2, -0.15) is 0 Å². The fourth-order valence-corrected chi connectivity index (χ4v) is 4.98. The number of hydrogen-bond acceptors (Lipinski definition) is 5. The minimum atomic E-state index is 0.0901. The molecule has 4 nitrogen and oxygen atoms in total. The van der Waals surface area contributed by atoms with Crippen LogP contribution in [-0.4, -0.2) is 39.8 Å². The van der Waals surface area contributed by atoms with Crippen LogP contribution in [0.5, 0.6) is 0 Å². The van der Waals surface area contributed by atoms with Crippen LogP contribution in [0, 0.1) is 13.8 Å². The monoisotopic (exact) mass is 337 g/mol. The van der Waals surface area contributed by atoms with Crippen LogP contribution in [0.3, 0.4) is 0 Å². The summed E-state index contributed by atoms with van der Waals surface area (Å²) in [7, 11) is 1.84. The molecule has 0 N–H and O–H groups in total. The average Bonchev–Trinajstić information content (AvgIpc) is 2.80. The summed E-state index contributed by atoms with van der Waals surface area (Å²) >= 11 is 3.33. The van der Waals surface area contributed by atoms with E-state index in [2.05, 4.69) is 11.8 Å². The van der Waals surface area contributed by atoms with Gasteiger partial charge < -0.3 is 4.90 Å². The Morgan fingerprint density at radius 3 is 2.68 bits per heavy atom. The van der Waals surface area contributed by atoms with E-state index in [0.717, 1.165) is 33.2 Å². The zero-order valence-electron chi connectivity index (χ0n) is 13.5. The molecule has 3 rings (SSSR count). The summed E-state index contributed by atoms with van der Waals surface area (Å²) in [5.74, 6) is 0.995. The average molecular weight is 338 g/mol. The third-order valence-electron chi connectivity index (χ3n) is 4.46. The summed E-state index contributed by atoms with van der Waals surface area (Å²) in [4.78, 5) is 21.9. The van der Waals surface area contributed by atoms with Crippen molar-refractivity contribution in [2.75, 3.05) is 25.4 Å². The molecule has 0 unspecified atom stereocenters. The standard InChI is InChI=1S/C16H23N3OS2/c1-11-12(2)22-14-13(11)15(20)18(3)16(17-14)21-10-9-19-7-5-4-6-8-19/h4-10H2,1-3H3. The number of nitrogens with zero attached hydrogens (tertiary/aromatic N) is 3. The molecular weight excluding hydrogens is 314 g/mol. The van der Waals surface area contributed by atoms with Crippen LogP contribution < -0.4 is 5.56 Å². The molecule has 2 aromatic rings. The van der Waals surface area contributed by atoms with Gasteiger partial charge in [-0.05, 0) is 45.3 Å². The number of aromatic nitrogens is 2. The molecule has 1 fully saturated rings. The van der Waals surface area contributed by atoms with Crippen molar-refractivity contribution in [3.63, 3.8) is 0 Å². The third kappa shape index (κ3) is 3.09. The fraction of sp³-hybridized carbons (Fsp3) is 0.625. The SMILES string of the molecule is Cc1sc2nc(SCCN3CCCCC3)n(C)c(=O)c2c1C. The Balaban J connectivity index is 1.76. The van der Waals surface area contributed by atoms with E-state index in [1.807, 2.05) is 14.0 Å². The summed E-state index contributed by atoms with van der Waals surface area (Å²) < 4.78 is 1.71. The smallest absolute Gasteiger partial charge is 0.262 e. The summed E-state index contributed by atoms with van der Waals surface area (Å²) in [6, 6.07) is 0. The molecule has 1 aliphatic heterocycles. The van der Waals surface area contributed by atoms with Crippen molar-refractivity contribution in [1.29, 1.82) is 0 Å². The second-order valence-electron chi connectivity index (χ2n) is 5.97. The van der Waals surface area contributed by atoms with Crippen molar-refractivity contribution in [1.82, 2.24) is 14.5 Å². The highest BCUT2D eigenvalue weighted by Gasteiger charge is 2.15. The molecule has 0 saturated carbocycles. The van der Waals surface area contributed by atoms with Gasteiger partial charge in [0.2, 0.25) is 0 Å². The lowest BCUT2D eigenvalue weighted by Gasteiger charge is -2.26. The maximum Gasteiger partial charge on any atom is 0.262 e. The van der Waals surface area contributed by atoms with E-state index in [4.69, 9.17) is 4.98 Å². The molecule has 120 valence electrons. The number of fused-ring (bicyclic) bond motifs is 1. The van der Waals surface area contributed by atoms with Crippen LogP contribution in [0.25, 0.3) is 10.2 Å². The highest BCUT2D eigenvalue weighted by Crippen LogP contribution is 2.28. The first kappa shape index (κ1) is 16.0. The Morgan fingerprint density at radius 2 is 1.95 bits per heavy atom. The Bertz CT molecular complexity index is 729. The van der Waals surface area contributed by atoms with Gasteiger partial charge in [0.1, 0.15) is 4.83 Å². The van der Waals surface area contributed by atoms with Crippen LogP contribution in [0.1, 0.15) is 29.7 Å². The zero-order chi connectivity index (χ0) is 15.7. The summed E-state index contributed by atoms with van der Waals surface area (Å²) in [6.07, 6.45) is 4.01. The molecule has 1 aliphatic rings. The normalized spacial score (nSPS) is 16.5. The van der Waals surface area contributed by atoms with E-state index in [1.165, 1.54) is 37.2 Å². The lowest BCUT2D eigenvalue weighted by atomic mass is 10.1. The van der Waals surface area contributed by atoms with Gasteiger partial charge in [0.25, 0.3) is 5.56 Å². The van der Waals surface area contributed by atoms with Gasteiger partial charge in [-0.1, -0.05) is 18.2 Å². The van der Waals surface area contributed by atoms with E-state index >= 15 is 0 Å². The first-order valence-corrected chi connectivity index (χ1v) is 9.70. The summed E-state index contributed by atoms with van der Waals surface area (Å²) in [5, 5.41) is 1.64. The van der Waals surface area contributed by atoms with E-state index in [9.17, 15) is 4.79 Å². The number of likely N-dealkylation sites (tertiary alicyclic amines) is 1. The molecular formula is C16H23N3OS2. The molecule has 0 amide bonds. The molecule has 3 heterocycles. The van der Waals surface area contributed by atoms with Gasteiger partial charge in [-0.25, -0.2) is 4.98 Å². The van der Waals surface area contributed by atoms with Crippen LogP contribution in [0.2, 0.25) is 0 Å². The van der Waals surface area contributed by atoms with Crippen LogP contribution in [0.4, 0.5) is 0 Å². The number of hydrogen-bond donors (Lipinski definition) is 0. The maximum atomic E-state index is 12.6. The van der Waals surface area contributed by atoms with Crippen molar-refractivity contribution in [3.05, 3.63) is 20.8 Å². The van der Waals surface area contributed by atoms with Gasteiger partial charge in [0, 0.05) is 24.2 Å². The van der Waals surface area contributed by atoms with Crippen LogP contribution in [0.15, 0.2) is 9.95 Å². The molecule has 0 spiro atoms. The predicted octanol–water partition coefficient (Wildman–Crippen LogP) is 3.19. The minimum Gasteiger partial charge on any atom is -0.303 e. The Morgan fingerprint density at radius 1 is 1.23 bits per heavy atom. The molecule has 22 heavy (non-hydrogen) atoms. The van der Waals surface area contributed by atoms with Crippen LogP contribution in [-0.2, 0) is 7.05 Å². The van der Waals surface area contributed by atoms with E-state index in [0.29, 0.717) is 0 Å². The van der Waals surface area contributed by atoms with E-state index < -0.39 is 0 Å². The number of aryl methyl sites for hydroxylation is 2. The topological polar surface area (TPSA) is 38.1 Å². The lowest BCUT2D eigenvalue weighted by molar-refractivity contribution is 0.242. The van der Waals surface area contributed by atoms with Crippen molar-refractivity contribution < 1.29 is 0 Å². The molecule has 6 heteroatoms. The summed E-state index contributed by atoms with van der Waals surface area (Å²) in [6.45, 7) is 7.59. The zero-order valence-corrected chi connectivity index (χ0v) is 15.1. The molecule has 0 bridgehead atoms. The number of thioether (sulfide) groups is 1. The molecule has 2 aromatic heterocycles. The highest BCUT2D eigenvalue weighted by atomic mass is 32.2. The van der Waals surface area contributed by atoms with Crippen molar-refractivity contribution in [2.45, 2.75) is 38.3 Å². The van der Waals surface area contributed by atoms with Crippen molar-refractivity contribution >= 4 is 33.3 Å². The molecule has 1 saturated heterocycles. The van der Waals surface area contributed by atoms with Gasteiger partial charge in [0.05, 0.1) is 5.39 Å². The number of rotatable bonds is 4. The first-order chi connectivity index (χ1) is 10.6. The highest BCUT2D eigenvalue weighted by molar-refractivity contribution is 7.99. The third-order valence-corrected chi connectivity index (χ3v) is 6.57. The second kappa shape index (κ2) is 6.72. The van der Waals surface area contributed by atoms with E-state index in [1.54, 1.807) is 27.7 Å². The van der Waals surface area contributed by atoms with E-state index in [-0.39, 0.29) is 5.56 Å². The second-order valence-corrected chi connectivity index (χ2v) is 8.24. The van der Waals surface area contributed by atoms with Gasteiger partial charge in [-0.3, -0.25) is 9.36 Å². The molecule has 0 atom stereocenters. The van der Waals surface area contributed by atoms with Gasteiger partial charge >= 0.3 is 0 Å². The number of thiophene rings is 1.